The molecule has 0 aliphatic carbocycles. The van der Waals surface area contributed by atoms with Crippen molar-refractivity contribution in [3.05, 3.63) is 29.8 Å². The van der Waals surface area contributed by atoms with Gasteiger partial charge in [0.05, 0.1) is 5.92 Å². The Hall–Kier alpha value is -1.55. The van der Waals surface area contributed by atoms with Crippen LogP contribution in [0.15, 0.2) is 24.3 Å². The number of amides is 1. The van der Waals surface area contributed by atoms with Gasteiger partial charge in [-0.2, -0.15) is 0 Å². The normalized spacial score (nSPS) is 25.4. The molecule has 2 aliphatic rings. The zero-order valence-electron chi connectivity index (χ0n) is 12.3. The van der Waals surface area contributed by atoms with Gasteiger partial charge in [0.15, 0.2) is 0 Å². The summed E-state index contributed by atoms with van der Waals surface area (Å²) in [7, 11) is 4.19. The van der Waals surface area contributed by atoms with Gasteiger partial charge in [-0.15, -0.1) is 0 Å². The SMILES string of the molecule is CN(C)C1CCN(C(=O)C2CCNc3ccccc32)C1. The van der Waals surface area contributed by atoms with E-state index in [-0.39, 0.29) is 5.92 Å². The average molecular weight is 273 g/mol. The molecule has 2 atom stereocenters. The third-order valence-electron chi connectivity index (χ3n) is 4.59. The van der Waals surface area contributed by atoms with Crippen molar-refractivity contribution in [3.63, 3.8) is 0 Å². The van der Waals surface area contributed by atoms with E-state index in [2.05, 4.69) is 41.3 Å². The Labute approximate surface area is 120 Å². The van der Waals surface area contributed by atoms with Crippen LogP contribution >= 0.6 is 0 Å². The molecule has 1 aromatic carbocycles. The highest BCUT2D eigenvalue weighted by atomic mass is 16.2. The van der Waals surface area contributed by atoms with Crippen molar-refractivity contribution in [1.82, 2.24) is 9.80 Å². The maximum atomic E-state index is 12.8. The van der Waals surface area contributed by atoms with E-state index in [1.54, 1.807) is 0 Å². The molecule has 0 bridgehead atoms. The second-order valence-corrected chi connectivity index (χ2v) is 6.05. The third kappa shape index (κ3) is 2.40. The van der Waals surface area contributed by atoms with Gasteiger partial charge in [0.1, 0.15) is 0 Å². The molecule has 2 aliphatic heterocycles. The molecule has 0 aromatic heterocycles. The summed E-state index contributed by atoms with van der Waals surface area (Å²) in [6.45, 7) is 2.66. The van der Waals surface area contributed by atoms with E-state index in [0.29, 0.717) is 11.9 Å². The van der Waals surface area contributed by atoms with Gasteiger partial charge in [0.25, 0.3) is 0 Å². The van der Waals surface area contributed by atoms with E-state index in [4.69, 9.17) is 0 Å². The highest BCUT2D eigenvalue weighted by Crippen LogP contribution is 2.33. The molecule has 0 spiro atoms. The fraction of sp³-hybridized carbons (Fsp3) is 0.562. The fourth-order valence-electron chi connectivity index (χ4n) is 3.31. The first kappa shape index (κ1) is 13.4. The van der Waals surface area contributed by atoms with Crippen LogP contribution in [-0.4, -0.2) is 55.5 Å². The van der Waals surface area contributed by atoms with Crippen LogP contribution in [0.25, 0.3) is 0 Å². The molecule has 2 unspecified atom stereocenters. The Bertz CT molecular complexity index is 500. The largest absolute Gasteiger partial charge is 0.385 e. The van der Waals surface area contributed by atoms with Gasteiger partial charge in [0, 0.05) is 31.4 Å². The summed E-state index contributed by atoms with van der Waals surface area (Å²) in [5.74, 6) is 0.344. The molecule has 0 saturated carbocycles. The number of likely N-dealkylation sites (tertiary alicyclic amines) is 1. The Morgan fingerprint density at radius 2 is 2.10 bits per heavy atom. The highest BCUT2D eigenvalue weighted by Gasteiger charge is 2.34. The van der Waals surface area contributed by atoms with Gasteiger partial charge >= 0.3 is 0 Å². The van der Waals surface area contributed by atoms with E-state index in [1.165, 1.54) is 0 Å². The molecule has 3 rings (SSSR count). The smallest absolute Gasteiger partial charge is 0.230 e. The predicted octanol–water partition coefficient (Wildman–Crippen LogP) is 1.75. The van der Waals surface area contributed by atoms with Gasteiger partial charge in [-0.25, -0.2) is 0 Å². The number of likely N-dealkylation sites (N-methyl/N-ethyl adjacent to an activating group) is 1. The molecule has 0 radical (unpaired) electrons. The lowest BCUT2D eigenvalue weighted by molar-refractivity contribution is -0.132. The minimum absolute atomic E-state index is 0.0355. The monoisotopic (exact) mass is 273 g/mol. The van der Waals surface area contributed by atoms with Crippen LogP contribution in [0.1, 0.15) is 24.3 Å². The quantitative estimate of drug-likeness (QED) is 0.891. The van der Waals surface area contributed by atoms with Crippen molar-refractivity contribution in [1.29, 1.82) is 0 Å². The molecular formula is C16H23N3O. The zero-order chi connectivity index (χ0) is 14.1. The van der Waals surface area contributed by atoms with E-state index in [9.17, 15) is 4.79 Å². The molecule has 20 heavy (non-hydrogen) atoms. The summed E-state index contributed by atoms with van der Waals surface area (Å²) < 4.78 is 0. The molecule has 1 amide bonds. The first-order valence-corrected chi connectivity index (χ1v) is 7.45. The summed E-state index contributed by atoms with van der Waals surface area (Å²) >= 11 is 0. The van der Waals surface area contributed by atoms with Crippen molar-refractivity contribution >= 4 is 11.6 Å². The number of carbonyl (C=O) groups excluding carboxylic acids is 1. The molecule has 108 valence electrons. The van der Waals surface area contributed by atoms with Gasteiger partial charge in [-0.1, -0.05) is 18.2 Å². The minimum Gasteiger partial charge on any atom is -0.385 e. The Balaban J connectivity index is 1.76. The summed E-state index contributed by atoms with van der Waals surface area (Å²) in [6, 6.07) is 8.72. The number of carbonyl (C=O) groups is 1. The minimum atomic E-state index is 0.0355. The Morgan fingerprint density at radius 1 is 1.30 bits per heavy atom. The Morgan fingerprint density at radius 3 is 2.85 bits per heavy atom. The molecule has 1 fully saturated rings. The van der Waals surface area contributed by atoms with Gasteiger partial charge in [-0.05, 0) is 38.6 Å². The van der Waals surface area contributed by atoms with Gasteiger partial charge in [0.2, 0.25) is 5.91 Å². The van der Waals surface area contributed by atoms with Crippen LogP contribution < -0.4 is 5.32 Å². The van der Waals surface area contributed by atoms with Gasteiger partial charge < -0.3 is 15.1 Å². The number of anilines is 1. The first-order valence-electron chi connectivity index (χ1n) is 7.45. The van der Waals surface area contributed by atoms with Crippen molar-refractivity contribution in [2.75, 3.05) is 39.0 Å². The maximum absolute atomic E-state index is 12.8. The summed E-state index contributed by atoms with van der Waals surface area (Å²) in [4.78, 5) is 17.1. The average Bonchev–Trinajstić information content (AvgIpc) is 2.96. The van der Waals surface area contributed by atoms with E-state index >= 15 is 0 Å². The summed E-state index contributed by atoms with van der Waals surface area (Å²) in [5, 5.41) is 3.39. The second kappa shape index (κ2) is 5.44. The zero-order valence-corrected chi connectivity index (χ0v) is 12.3. The molecule has 4 nitrogen and oxygen atoms in total. The molecular weight excluding hydrogens is 250 g/mol. The highest BCUT2D eigenvalue weighted by molar-refractivity contribution is 5.86. The van der Waals surface area contributed by atoms with Crippen LogP contribution in [0, 0.1) is 0 Å². The number of hydrogen-bond acceptors (Lipinski definition) is 3. The fourth-order valence-corrected chi connectivity index (χ4v) is 3.31. The van der Waals surface area contributed by atoms with Crippen LogP contribution in [-0.2, 0) is 4.79 Å². The van der Waals surface area contributed by atoms with Crippen molar-refractivity contribution < 1.29 is 4.79 Å². The number of benzene rings is 1. The van der Waals surface area contributed by atoms with Crippen LogP contribution in [0.5, 0.6) is 0 Å². The number of nitrogens with one attached hydrogen (secondary N) is 1. The van der Waals surface area contributed by atoms with Crippen molar-refractivity contribution in [3.8, 4) is 0 Å². The number of fused-ring (bicyclic) bond motifs is 1. The lowest BCUT2D eigenvalue weighted by atomic mass is 9.90. The Kier molecular flexibility index (Phi) is 3.66. The second-order valence-electron chi connectivity index (χ2n) is 6.05. The summed E-state index contributed by atoms with van der Waals surface area (Å²) in [5.41, 5.74) is 2.29. The van der Waals surface area contributed by atoms with Crippen molar-refractivity contribution in [2.45, 2.75) is 24.8 Å². The molecule has 1 saturated heterocycles. The molecule has 1 N–H and O–H groups in total. The number of para-hydroxylation sites is 1. The lowest BCUT2D eigenvalue weighted by Gasteiger charge is -2.29. The van der Waals surface area contributed by atoms with E-state index in [0.717, 1.165) is 43.7 Å². The van der Waals surface area contributed by atoms with E-state index < -0.39 is 0 Å². The predicted molar refractivity (Wildman–Crippen MR) is 81.0 cm³/mol. The van der Waals surface area contributed by atoms with Crippen LogP contribution in [0.4, 0.5) is 5.69 Å². The topological polar surface area (TPSA) is 35.6 Å². The molecule has 1 aromatic rings. The van der Waals surface area contributed by atoms with Crippen LogP contribution in [0.2, 0.25) is 0 Å². The van der Waals surface area contributed by atoms with Crippen LogP contribution in [0.3, 0.4) is 0 Å². The standard InChI is InChI=1S/C16H23N3O/c1-18(2)12-8-10-19(11-12)16(20)14-7-9-17-15-6-4-3-5-13(14)15/h3-6,12,14,17H,7-11H2,1-2H3. The van der Waals surface area contributed by atoms with Crippen molar-refractivity contribution in [2.24, 2.45) is 0 Å². The third-order valence-corrected chi connectivity index (χ3v) is 4.59. The first-order chi connectivity index (χ1) is 9.66. The number of nitrogens with zero attached hydrogens (tertiary/aromatic N) is 2. The van der Waals surface area contributed by atoms with Gasteiger partial charge in [-0.3, -0.25) is 4.79 Å². The molecule has 2 heterocycles. The lowest BCUT2D eigenvalue weighted by Crippen LogP contribution is -2.38. The maximum Gasteiger partial charge on any atom is 0.230 e. The summed E-state index contributed by atoms with van der Waals surface area (Å²) in [6.07, 6.45) is 1.99. The molecule has 4 heteroatoms. The van der Waals surface area contributed by atoms with E-state index in [1.807, 2.05) is 12.1 Å². The number of hydrogen-bond donors (Lipinski definition) is 1. The number of rotatable bonds is 2.